The van der Waals surface area contributed by atoms with Crippen molar-refractivity contribution in [1.82, 2.24) is 4.98 Å². The maximum Gasteiger partial charge on any atom is 0.357 e. The lowest BCUT2D eigenvalue weighted by Crippen LogP contribution is -2.46. The van der Waals surface area contributed by atoms with E-state index in [1.807, 2.05) is 0 Å². The summed E-state index contributed by atoms with van der Waals surface area (Å²) < 4.78 is 5.08. The van der Waals surface area contributed by atoms with Gasteiger partial charge in [-0.3, -0.25) is 0 Å². The highest BCUT2D eigenvalue weighted by Gasteiger charge is 2.30. The minimum Gasteiger partial charge on any atom is -0.476 e. The summed E-state index contributed by atoms with van der Waals surface area (Å²) in [5.74, 6) is -1.11. The zero-order valence-corrected chi connectivity index (χ0v) is 9.01. The zero-order chi connectivity index (χ0) is 11.8. The Morgan fingerprint density at radius 1 is 1.69 bits per heavy atom. The van der Waals surface area contributed by atoms with Gasteiger partial charge in [0.25, 0.3) is 6.01 Å². The third-order valence-electron chi connectivity index (χ3n) is 2.66. The molecule has 1 aromatic rings. The summed E-state index contributed by atoms with van der Waals surface area (Å²) in [4.78, 5) is 16.2. The summed E-state index contributed by atoms with van der Waals surface area (Å²) in [5, 5.41) is 18.6. The molecule has 88 valence electrons. The maximum absolute atomic E-state index is 10.6. The second kappa shape index (κ2) is 3.79. The maximum atomic E-state index is 10.6. The van der Waals surface area contributed by atoms with Crippen LogP contribution in [-0.2, 0) is 0 Å². The van der Waals surface area contributed by atoms with Gasteiger partial charge in [-0.25, -0.2) is 4.79 Å². The van der Waals surface area contributed by atoms with E-state index in [-0.39, 0.29) is 11.7 Å². The molecule has 0 bridgehead atoms. The zero-order valence-electron chi connectivity index (χ0n) is 9.01. The van der Waals surface area contributed by atoms with E-state index in [0.29, 0.717) is 6.54 Å². The smallest absolute Gasteiger partial charge is 0.357 e. The first-order valence-corrected chi connectivity index (χ1v) is 5.14. The fourth-order valence-electron chi connectivity index (χ4n) is 1.89. The number of anilines is 1. The number of hydrogen-bond donors (Lipinski definition) is 2. The van der Waals surface area contributed by atoms with Crippen LogP contribution in [-0.4, -0.2) is 39.9 Å². The van der Waals surface area contributed by atoms with Crippen molar-refractivity contribution in [2.45, 2.75) is 25.4 Å². The lowest BCUT2D eigenvalue weighted by Gasteiger charge is -2.35. The minimum atomic E-state index is -1.11. The van der Waals surface area contributed by atoms with Gasteiger partial charge in [0.15, 0.2) is 5.69 Å². The first kappa shape index (κ1) is 10.9. The number of rotatable bonds is 2. The van der Waals surface area contributed by atoms with Crippen molar-refractivity contribution in [3.05, 3.63) is 12.0 Å². The molecule has 2 rings (SSSR count). The predicted molar refractivity (Wildman–Crippen MR) is 55.5 cm³/mol. The van der Waals surface area contributed by atoms with Gasteiger partial charge in [0.1, 0.15) is 6.26 Å². The number of piperidine rings is 1. The van der Waals surface area contributed by atoms with Crippen LogP contribution in [0, 0.1) is 0 Å². The van der Waals surface area contributed by atoms with E-state index >= 15 is 0 Å². The van der Waals surface area contributed by atoms with Gasteiger partial charge in [-0.1, -0.05) is 0 Å². The van der Waals surface area contributed by atoms with Gasteiger partial charge in [-0.05, 0) is 19.8 Å². The van der Waals surface area contributed by atoms with E-state index < -0.39 is 11.6 Å². The van der Waals surface area contributed by atoms with Gasteiger partial charge in [-0.2, -0.15) is 4.98 Å². The highest BCUT2D eigenvalue weighted by Crippen LogP contribution is 2.24. The molecule has 0 amide bonds. The number of hydrogen-bond acceptors (Lipinski definition) is 5. The van der Waals surface area contributed by atoms with Crippen molar-refractivity contribution in [2.75, 3.05) is 18.0 Å². The molecule has 2 N–H and O–H groups in total. The van der Waals surface area contributed by atoms with Crippen LogP contribution in [0.25, 0.3) is 0 Å². The summed E-state index contributed by atoms with van der Waals surface area (Å²) in [6.07, 6.45) is 2.68. The van der Waals surface area contributed by atoms with E-state index in [1.165, 1.54) is 0 Å². The molecular formula is C10H14N2O4. The molecule has 0 spiro atoms. The molecule has 1 aliphatic heterocycles. The third kappa shape index (κ3) is 2.16. The second-order valence-corrected chi connectivity index (χ2v) is 4.34. The molecule has 16 heavy (non-hydrogen) atoms. The molecule has 6 nitrogen and oxygen atoms in total. The van der Waals surface area contributed by atoms with Gasteiger partial charge in [0.05, 0.1) is 12.1 Å². The van der Waals surface area contributed by atoms with Crippen LogP contribution in [0.15, 0.2) is 10.7 Å². The number of aromatic carboxylic acids is 1. The van der Waals surface area contributed by atoms with Crippen molar-refractivity contribution < 1.29 is 19.4 Å². The van der Waals surface area contributed by atoms with Crippen LogP contribution in [0.3, 0.4) is 0 Å². The van der Waals surface area contributed by atoms with E-state index in [9.17, 15) is 9.90 Å². The minimum absolute atomic E-state index is 0.111. The highest BCUT2D eigenvalue weighted by atomic mass is 16.4. The number of nitrogens with zero attached hydrogens (tertiary/aromatic N) is 2. The molecule has 0 aliphatic carbocycles. The second-order valence-electron chi connectivity index (χ2n) is 4.34. The first-order valence-electron chi connectivity index (χ1n) is 5.14. The number of carboxylic acid groups (broad SMARTS) is 1. The standard InChI is InChI=1S/C10H14N2O4/c1-10(15)3-2-4-12(6-10)9-11-7(5-16-9)8(13)14/h5,15H,2-4,6H2,1H3,(H,13,14). The lowest BCUT2D eigenvalue weighted by atomic mass is 9.96. The summed E-state index contributed by atoms with van der Waals surface area (Å²) in [7, 11) is 0. The predicted octanol–water partition coefficient (Wildman–Crippen LogP) is 0.724. The van der Waals surface area contributed by atoms with E-state index in [4.69, 9.17) is 9.52 Å². The Morgan fingerprint density at radius 3 is 3.00 bits per heavy atom. The summed E-state index contributed by atoms with van der Waals surface area (Å²) in [6, 6.07) is 0.261. The van der Waals surface area contributed by atoms with Crippen LogP contribution >= 0.6 is 0 Å². The Bertz CT molecular complexity index is 399. The number of aromatic nitrogens is 1. The molecule has 1 saturated heterocycles. The quantitative estimate of drug-likeness (QED) is 0.772. The van der Waals surface area contributed by atoms with Crippen molar-refractivity contribution in [3.63, 3.8) is 0 Å². The molecule has 1 aromatic heterocycles. The molecule has 1 atom stereocenters. The molecule has 0 aromatic carbocycles. The van der Waals surface area contributed by atoms with Crippen molar-refractivity contribution in [3.8, 4) is 0 Å². The van der Waals surface area contributed by atoms with Crippen LogP contribution in [0.5, 0.6) is 0 Å². The number of oxazole rings is 1. The summed E-state index contributed by atoms with van der Waals surface area (Å²) in [5.41, 5.74) is -0.879. The molecular weight excluding hydrogens is 212 g/mol. The number of carbonyl (C=O) groups is 1. The van der Waals surface area contributed by atoms with Crippen LogP contribution in [0.4, 0.5) is 6.01 Å². The van der Waals surface area contributed by atoms with E-state index in [0.717, 1.165) is 25.6 Å². The Labute approximate surface area is 92.5 Å². The molecule has 2 heterocycles. The first-order chi connectivity index (χ1) is 7.48. The molecule has 0 radical (unpaired) electrons. The third-order valence-corrected chi connectivity index (χ3v) is 2.66. The SMILES string of the molecule is CC1(O)CCCN(c2nc(C(=O)O)co2)C1. The van der Waals surface area contributed by atoms with Crippen molar-refractivity contribution in [2.24, 2.45) is 0 Å². The van der Waals surface area contributed by atoms with Crippen molar-refractivity contribution in [1.29, 1.82) is 0 Å². The Balaban J connectivity index is 2.14. The average molecular weight is 226 g/mol. The van der Waals surface area contributed by atoms with Crippen LogP contribution in [0.1, 0.15) is 30.3 Å². The summed E-state index contributed by atoms with van der Waals surface area (Å²) in [6.45, 7) is 2.88. The number of aliphatic hydroxyl groups is 1. The Kier molecular flexibility index (Phi) is 2.59. The fourth-order valence-corrected chi connectivity index (χ4v) is 1.89. The van der Waals surface area contributed by atoms with Gasteiger partial charge >= 0.3 is 5.97 Å². The van der Waals surface area contributed by atoms with E-state index in [1.54, 1.807) is 11.8 Å². The molecule has 1 unspecified atom stereocenters. The highest BCUT2D eigenvalue weighted by molar-refractivity contribution is 5.85. The lowest BCUT2D eigenvalue weighted by molar-refractivity contribution is 0.0435. The topological polar surface area (TPSA) is 86.8 Å². The molecule has 6 heteroatoms. The Morgan fingerprint density at radius 2 is 2.44 bits per heavy atom. The van der Waals surface area contributed by atoms with Crippen LogP contribution in [0.2, 0.25) is 0 Å². The average Bonchev–Trinajstić information content (AvgIpc) is 2.64. The molecule has 1 fully saturated rings. The number of carboxylic acids is 1. The monoisotopic (exact) mass is 226 g/mol. The van der Waals surface area contributed by atoms with Gasteiger partial charge in [0.2, 0.25) is 0 Å². The summed E-state index contributed by atoms with van der Waals surface area (Å²) >= 11 is 0. The fraction of sp³-hybridized carbons (Fsp3) is 0.600. The Hall–Kier alpha value is -1.56. The molecule has 0 saturated carbocycles. The molecule has 1 aliphatic rings. The normalized spacial score (nSPS) is 25.8. The van der Waals surface area contributed by atoms with Gasteiger partial charge < -0.3 is 19.5 Å². The van der Waals surface area contributed by atoms with Crippen LogP contribution < -0.4 is 4.90 Å². The van der Waals surface area contributed by atoms with Gasteiger partial charge in [-0.15, -0.1) is 0 Å². The largest absolute Gasteiger partial charge is 0.476 e. The van der Waals surface area contributed by atoms with Gasteiger partial charge in [0, 0.05) is 6.54 Å². The number of β-amino-alcohol motifs (C(OH)–C–C–N with tert-alkyl or cyclic N) is 1. The van der Waals surface area contributed by atoms with E-state index in [2.05, 4.69) is 4.98 Å². The van der Waals surface area contributed by atoms with Crippen molar-refractivity contribution >= 4 is 12.0 Å².